The van der Waals surface area contributed by atoms with Gasteiger partial charge in [-0.3, -0.25) is 0 Å². The SMILES string of the molecule is CCCOc1ccc(OC)c(CCN)c1. The summed E-state index contributed by atoms with van der Waals surface area (Å²) in [5.41, 5.74) is 6.64. The molecule has 1 aromatic rings. The zero-order valence-corrected chi connectivity index (χ0v) is 9.45. The van der Waals surface area contributed by atoms with Crippen LogP contribution < -0.4 is 15.2 Å². The summed E-state index contributed by atoms with van der Waals surface area (Å²) < 4.78 is 10.8. The van der Waals surface area contributed by atoms with Crippen molar-refractivity contribution >= 4 is 0 Å². The van der Waals surface area contributed by atoms with Crippen molar-refractivity contribution in [1.82, 2.24) is 0 Å². The van der Waals surface area contributed by atoms with Gasteiger partial charge in [0.1, 0.15) is 11.5 Å². The summed E-state index contributed by atoms with van der Waals surface area (Å²) in [6, 6.07) is 5.85. The van der Waals surface area contributed by atoms with Crippen LogP contribution in [0.5, 0.6) is 11.5 Å². The molecule has 0 bridgehead atoms. The van der Waals surface area contributed by atoms with Crippen LogP contribution in [0.3, 0.4) is 0 Å². The molecule has 15 heavy (non-hydrogen) atoms. The van der Waals surface area contributed by atoms with Crippen LogP contribution in [0.2, 0.25) is 0 Å². The van der Waals surface area contributed by atoms with Gasteiger partial charge in [0, 0.05) is 0 Å². The van der Waals surface area contributed by atoms with Crippen LogP contribution in [-0.2, 0) is 6.42 Å². The molecule has 0 aliphatic rings. The van der Waals surface area contributed by atoms with Crippen LogP contribution in [0.25, 0.3) is 0 Å². The number of hydrogen-bond acceptors (Lipinski definition) is 3. The predicted molar refractivity (Wildman–Crippen MR) is 61.5 cm³/mol. The fraction of sp³-hybridized carbons (Fsp3) is 0.500. The summed E-state index contributed by atoms with van der Waals surface area (Å²) >= 11 is 0. The van der Waals surface area contributed by atoms with Crippen LogP contribution in [-0.4, -0.2) is 20.3 Å². The zero-order chi connectivity index (χ0) is 11.1. The highest BCUT2D eigenvalue weighted by molar-refractivity contribution is 5.40. The molecule has 0 spiro atoms. The third kappa shape index (κ3) is 3.44. The smallest absolute Gasteiger partial charge is 0.122 e. The molecule has 0 radical (unpaired) electrons. The van der Waals surface area contributed by atoms with Gasteiger partial charge in [-0.15, -0.1) is 0 Å². The minimum atomic E-state index is 0.619. The maximum absolute atomic E-state index is 5.55. The van der Waals surface area contributed by atoms with Crippen LogP contribution in [0.15, 0.2) is 18.2 Å². The van der Waals surface area contributed by atoms with Crippen LogP contribution in [0.1, 0.15) is 18.9 Å². The molecule has 0 atom stereocenters. The topological polar surface area (TPSA) is 44.5 Å². The van der Waals surface area contributed by atoms with E-state index in [1.54, 1.807) is 7.11 Å². The van der Waals surface area contributed by atoms with Gasteiger partial charge in [-0.1, -0.05) is 6.92 Å². The number of nitrogens with two attached hydrogens (primary N) is 1. The monoisotopic (exact) mass is 209 g/mol. The van der Waals surface area contributed by atoms with Gasteiger partial charge in [0.05, 0.1) is 13.7 Å². The van der Waals surface area contributed by atoms with E-state index in [4.69, 9.17) is 15.2 Å². The van der Waals surface area contributed by atoms with Crippen molar-refractivity contribution in [1.29, 1.82) is 0 Å². The normalized spacial score (nSPS) is 10.1. The summed E-state index contributed by atoms with van der Waals surface area (Å²) in [5.74, 6) is 1.77. The Morgan fingerprint density at radius 3 is 2.73 bits per heavy atom. The Bertz CT molecular complexity index is 300. The Kier molecular flexibility index (Phi) is 4.98. The van der Waals surface area contributed by atoms with Gasteiger partial charge in [0.2, 0.25) is 0 Å². The van der Waals surface area contributed by atoms with Gasteiger partial charge >= 0.3 is 0 Å². The van der Waals surface area contributed by atoms with E-state index in [0.29, 0.717) is 6.54 Å². The number of methoxy groups -OCH3 is 1. The molecule has 0 aliphatic carbocycles. The average Bonchev–Trinajstić information content (AvgIpc) is 2.27. The summed E-state index contributed by atoms with van der Waals surface area (Å²) in [6.07, 6.45) is 1.82. The molecule has 1 aromatic carbocycles. The van der Waals surface area contributed by atoms with E-state index >= 15 is 0 Å². The lowest BCUT2D eigenvalue weighted by Gasteiger charge is -2.10. The highest BCUT2D eigenvalue weighted by Crippen LogP contribution is 2.24. The van der Waals surface area contributed by atoms with Crippen molar-refractivity contribution < 1.29 is 9.47 Å². The second-order valence-electron chi connectivity index (χ2n) is 3.36. The Balaban J connectivity index is 2.79. The lowest BCUT2D eigenvalue weighted by atomic mass is 10.1. The van der Waals surface area contributed by atoms with E-state index in [1.165, 1.54) is 0 Å². The molecule has 0 aliphatic heterocycles. The van der Waals surface area contributed by atoms with E-state index in [9.17, 15) is 0 Å². The van der Waals surface area contributed by atoms with E-state index < -0.39 is 0 Å². The fourth-order valence-corrected chi connectivity index (χ4v) is 1.42. The Hall–Kier alpha value is -1.22. The van der Waals surface area contributed by atoms with Crippen LogP contribution in [0, 0.1) is 0 Å². The van der Waals surface area contributed by atoms with Gasteiger partial charge in [0.15, 0.2) is 0 Å². The van der Waals surface area contributed by atoms with Gasteiger partial charge in [-0.05, 0) is 43.1 Å². The second kappa shape index (κ2) is 6.30. The zero-order valence-electron chi connectivity index (χ0n) is 9.45. The second-order valence-corrected chi connectivity index (χ2v) is 3.36. The fourth-order valence-electron chi connectivity index (χ4n) is 1.42. The Morgan fingerprint density at radius 1 is 1.33 bits per heavy atom. The highest BCUT2D eigenvalue weighted by atomic mass is 16.5. The molecule has 0 saturated carbocycles. The molecule has 0 heterocycles. The molecule has 3 nitrogen and oxygen atoms in total. The Morgan fingerprint density at radius 2 is 2.13 bits per heavy atom. The van der Waals surface area contributed by atoms with E-state index in [0.717, 1.165) is 36.5 Å². The first-order valence-electron chi connectivity index (χ1n) is 5.31. The van der Waals surface area contributed by atoms with E-state index in [2.05, 4.69) is 6.92 Å². The van der Waals surface area contributed by atoms with Crippen LogP contribution >= 0.6 is 0 Å². The van der Waals surface area contributed by atoms with E-state index in [-0.39, 0.29) is 0 Å². The quantitative estimate of drug-likeness (QED) is 0.779. The van der Waals surface area contributed by atoms with Crippen molar-refractivity contribution in [2.45, 2.75) is 19.8 Å². The maximum Gasteiger partial charge on any atom is 0.122 e. The molecular weight excluding hydrogens is 190 g/mol. The minimum absolute atomic E-state index is 0.619. The number of hydrogen-bond donors (Lipinski definition) is 1. The van der Waals surface area contributed by atoms with Crippen molar-refractivity contribution in [3.05, 3.63) is 23.8 Å². The predicted octanol–water partition coefficient (Wildman–Crippen LogP) is 1.99. The third-order valence-electron chi connectivity index (χ3n) is 2.14. The molecule has 0 aromatic heterocycles. The first kappa shape index (κ1) is 11.9. The lowest BCUT2D eigenvalue weighted by molar-refractivity contribution is 0.316. The molecule has 2 N–H and O–H groups in total. The first-order chi connectivity index (χ1) is 7.31. The number of benzene rings is 1. The van der Waals surface area contributed by atoms with E-state index in [1.807, 2.05) is 18.2 Å². The van der Waals surface area contributed by atoms with Gasteiger partial charge in [-0.25, -0.2) is 0 Å². The number of ether oxygens (including phenoxy) is 2. The Labute approximate surface area is 91.2 Å². The molecular formula is C12H19NO2. The van der Waals surface area contributed by atoms with Crippen molar-refractivity contribution in [3.8, 4) is 11.5 Å². The van der Waals surface area contributed by atoms with Crippen molar-refractivity contribution in [2.24, 2.45) is 5.73 Å². The molecule has 0 saturated heterocycles. The molecule has 84 valence electrons. The van der Waals surface area contributed by atoms with Gasteiger partial charge < -0.3 is 15.2 Å². The summed E-state index contributed by atoms with van der Waals surface area (Å²) in [4.78, 5) is 0. The standard InChI is InChI=1S/C12H19NO2/c1-3-8-15-11-4-5-12(14-2)10(9-11)6-7-13/h4-5,9H,3,6-8,13H2,1-2H3. The summed E-state index contributed by atoms with van der Waals surface area (Å²) in [5, 5.41) is 0. The average molecular weight is 209 g/mol. The highest BCUT2D eigenvalue weighted by Gasteiger charge is 2.04. The minimum Gasteiger partial charge on any atom is -0.496 e. The summed E-state index contributed by atoms with van der Waals surface area (Å²) in [6.45, 7) is 3.45. The maximum atomic E-state index is 5.55. The molecule has 0 amide bonds. The largest absolute Gasteiger partial charge is 0.496 e. The third-order valence-corrected chi connectivity index (χ3v) is 2.14. The number of rotatable bonds is 6. The molecule has 3 heteroatoms. The summed E-state index contributed by atoms with van der Waals surface area (Å²) in [7, 11) is 1.67. The van der Waals surface area contributed by atoms with Crippen LogP contribution in [0.4, 0.5) is 0 Å². The molecule has 1 rings (SSSR count). The van der Waals surface area contributed by atoms with Crippen molar-refractivity contribution in [3.63, 3.8) is 0 Å². The lowest BCUT2D eigenvalue weighted by Crippen LogP contribution is -2.05. The molecule has 0 fully saturated rings. The van der Waals surface area contributed by atoms with Gasteiger partial charge in [-0.2, -0.15) is 0 Å². The van der Waals surface area contributed by atoms with Gasteiger partial charge in [0.25, 0.3) is 0 Å². The molecule has 0 unspecified atom stereocenters. The first-order valence-corrected chi connectivity index (χ1v) is 5.31. The van der Waals surface area contributed by atoms with Crippen molar-refractivity contribution in [2.75, 3.05) is 20.3 Å².